The van der Waals surface area contributed by atoms with E-state index in [0.717, 1.165) is 5.56 Å². The highest BCUT2D eigenvalue weighted by Gasteiger charge is 2.24. The summed E-state index contributed by atoms with van der Waals surface area (Å²) in [6, 6.07) is 5.40. The van der Waals surface area contributed by atoms with Gasteiger partial charge in [0.1, 0.15) is 5.75 Å². The number of morpholine rings is 1. The Balaban J connectivity index is 2.10. The van der Waals surface area contributed by atoms with Gasteiger partial charge in [-0.15, -0.1) is 0 Å². The van der Waals surface area contributed by atoms with Crippen molar-refractivity contribution in [1.29, 1.82) is 0 Å². The minimum Gasteiger partial charge on any atom is -0.480 e. The predicted octanol–water partition coefficient (Wildman–Crippen LogP) is 1.82. The average Bonchev–Trinajstić information content (AvgIpc) is 2.49. The van der Waals surface area contributed by atoms with Crippen molar-refractivity contribution in [3.8, 4) is 5.75 Å². The standard InChI is InChI=1S/C16H21NO4/c1-11-4-5-15(14(10-11)12(2)18)21-13(3)16(19)17-6-8-20-9-7-17/h4-5,10,13H,6-9H2,1-3H3. The zero-order valence-corrected chi connectivity index (χ0v) is 12.7. The molecule has 1 amide bonds. The van der Waals surface area contributed by atoms with Crippen molar-refractivity contribution in [3.63, 3.8) is 0 Å². The van der Waals surface area contributed by atoms with Crippen molar-refractivity contribution in [2.75, 3.05) is 26.3 Å². The maximum atomic E-state index is 12.3. The molecule has 1 aliphatic heterocycles. The number of benzene rings is 1. The molecule has 114 valence electrons. The average molecular weight is 291 g/mol. The molecule has 5 heteroatoms. The lowest BCUT2D eigenvalue weighted by Crippen LogP contribution is -2.46. The largest absolute Gasteiger partial charge is 0.480 e. The third-order valence-electron chi connectivity index (χ3n) is 3.49. The first kappa shape index (κ1) is 15.5. The van der Waals surface area contributed by atoms with E-state index in [2.05, 4.69) is 0 Å². The number of amides is 1. The molecule has 1 fully saturated rings. The van der Waals surface area contributed by atoms with Gasteiger partial charge < -0.3 is 14.4 Å². The fourth-order valence-corrected chi connectivity index (χ4v) is 2.30. The second-order valence-electron chi connectivity index (χ2n) is 5.25. The Hall–Kier alpha value is -1.88. The fourth-order valence-electron chi connectivity index (χ4n) is 2.30. The van der Waals surface area contributed by atoms with Gasteiger partial charge in [0.2, 0.25) is 0 Å². The van der Waals surface area contributed by atoms with Crippen LogP contribution in [0.3, 0.4) is 0 Å². The lowest BCUT2D eigenvalue weighted by molar-refractivity contribution is -0.142. The van der Waals surface area contributed by atoms with E-state index < -0.39 is 6.10 Å². The molecule has 1 saturated heterocycles. The van der Waals surface area contributed by atoms with Crippen LogP contribution in [0.1, 0.15) is 29.8 Å². The molecule has 0 spiro atoms. The Morgan fingerprint density at radius 3 is 2.57 bits per heavy atom. The van der Waals surface area contributed by atoms with Crippen LogP contribution in [0.5, 0.6) is 5.75 Å². The molecule has 0 radical (unpaired) electrons. The minimum atomic E-state index is -0.621. The van der Waals surface area contributed by atoms with Gasteiger partial charge in [0, 0.05) is 13.1 Å². The molecule has 21 heavy (non-hydrogen) atoms. The quantitative estimate of drug-likeness (QED) is 0.794. The third kappa shape index (κ3) is 3.82. The van der Waals surface area contributed by atoms with Gasteiger partial charge in [-0.05, 0) is 32.9 Å². The normalized spacial score (nSPS) is 16.4. The van der Waals surface area contributed by atoms with Crippen LogP contribution in [0, 0.1) is 6.92 Å². The maximum Gasteiger partial charge on any atom is 0.263 e. The monoisotopic (exact) mass is 291 g/mol. The van der Waals surface area contributed by atoms with E-state index in [-0.39, 0.29) is 11.7 Å². The van der Waals surface area contributed by atoms with Gasteiger partial charge in [-0.3, -0.25) is 9.59 Å². The Bertz CT molecular complexity index is 535. The van der Waals surface area contributed by atoms with Gasteiger partial charge in [0.25, 0.3) is 5.91 Å². The van der Waals surface area contributed by atoms with E-state index in [1.165, 1.54) is 6.92 Å². The second kappa shape index (κ2) is 6.72. The van der Waals surface area contributed by atoms with E-state index in [4.69, 9.17) is 9.47 Å². The number of ketones is 1. The van der Waals surface area contributed by atoms with Crippen LogP contribution in [0.25, 0.3) is 0 Å². The smallest absolute Gasteiger partial charge is 0.263 e. The number of carbonyl (C=O) groups is 2. The van der Waals surface area contributed by atoms with Crippen molar-refractivity contribution in [2.45, 2.75) is 26.9 Å². The van der Waals surface area contributed by atoms with Crippen LogP contribution in [-0.4, -0.2) is 49.0 Å². The maximum absolute atomic E-state index is 12.3. The van der Waals surface area contributed by atoms with Gasteiger partial charge >= 0.3 is 0 Å². The zero-order chi connectivity index (χ0) is 15.4. The van der Waals surface area contributed by atoms with Crippen molar-refractivity contribution in [1.82, 2.24) is 4.90 Å². The molecule has 0 bridgehead atoms. The molecule has 5 nitrogen and oxygen atoms in total. The summed E-state index contributed by atoms with van der Waals surface area (Å²) >= 11 is 0. The molecule has 0 aromatic heterocycles. The molecule has 0 aliphatic carbocycles. The summed E-state index contributed by atoms with van der Waals surface area (Å²) in [4.78, 5) is 25.7. The predicted molar refractivity (Wildman–Crippen MR) is 78.7 cm³/mol. The van der Waals surface area contributed by atoms with E-state index in [9.17, 15) is 9.59 Å². The van der Waals surface area contributed by atoms with E-state index in [1.54, 1.807) is 24.0 Å². The van der Waals surface area contributed by atoms with Crippen LogP contribution in [0.15, 0.2) is 18.2 Å². The Labute approximate surface area is 124 Å². The van der Waals surface area contributed by atoms with Crippen molar-refractivity contribution in [2.24, 2.45) is 0 Å². The topological polar surface area (TPSA) is 55.8 Å². The van der Waals surface area contributed by atoms with E-state index >= 15 is 0 Å². The summed E-state index contributed by atoms with van der Waals surface area (Å²) in [5.41, 5.74) is 1.50. The summed E-state index contributed by atoms with van der Waals surface area (Å²) < 4.78 is 11.0. The first-order valence-electron chi connectivity index (χ1n) is 7.14. The number of hydrogen-bond acceptors (Lipinski definition) is 4. The third-order valence-corrected chi connectivity index (χ3v) is 3.49. The number of rotatable bonds is 4. The molecule has 2 rings (SSSR count). The van der Waals surface area contributed by atoms with Crippen LogP contribution >= 0.6 is 0 Å². The van der Waals surface area contributed by atoms with Crippen molar-refractivity contribution in [3.05, 3.63) is 29.3 Å². The lowest BCUT2D eigenvalue weighted by Gasteiger charge is -2.29. The van der Waals surface area contributed by atoms with Crippen LogP contribution in [0.2, 0.25) is 0 Å². The van der Waals surface area contributed by atoms with E-state index in [0.29, 0.717) is 37.6 Å². The van der Waals surface area contributed by atoms with Gasteiger partial charge in [-0.25, -0.2) is 0 Å². The number of nitrogens with zero attached hydrogens (tertiary/aromatic N) is 1. The SMILES string of the molecule is CC(=O)c1cc(C)ccc1OC(C)C(=O)N1CCOCC1. The first-order valence-corrected chi connectivity index (χ1v) is 7.14. The number of aryl methyl sites for hydroxylation is 1. The molecule has 1 atom stereocenters. The number of ether oxygens (including phenoxy) is 2. The first-order chi connectivity index (χ1) is 9.99. The fraction of sp³-hybridized carbons (Fsp3) is 0.500. The molecular weight excluding hydrogens is 270 g/mol. The molecular formula is C16H21NO4. The zero-order valence-electron chi connectivity index (χ0n) is 12.7. The molecule has 1 aliphatic rings. The summed E-state index contributed by atoms with van der Waals surface area (Å²) in [7, 11) is 0. The summed E-state index contributed by atoms with van der Waals surface area (Å²) in [5, 5.41) is 0. The Morgan fingerprint density at radius 2 is 1.95 bits per heavy atom. The van der Waals surface area contributed by atoms with Gasteiger partial charge in [-0.1, -0.05) is 11.6 Å². The number of hydrogen-bond donors (Lipinski definition) is 0. The van der Waals surface area contributed by atoms with Crippen molar-refractivity contribution < 1.29 is 19.1 Å². The highest BCUT2D eigenvalue weighted by molar-refractivity contribution is 5.97. The molecule has 1 aromatic rings. The van der Waals surface area contributed by atoms with Gasteiger partial charge in [0.05, 0.1) is 18.8 Å². The highest BCUT2D eigenvalue weighted by Crippen LogP contribution is 2.22. The highest BCUT2D eigenvalue weighted by atomic mass is 16.5. The van der Waals surface area contributed by atoms with Crippen molar-refractivity contribution >= 4 is 11.7 Å². The van der Waals surface area contributed by atoms with Gasteiger partial charge in [-0.2, -0.15) is 0 Å². The van der Waals surface area contributed by atoms with Crippen LogP contribution in [-0.2, 0) is 9.53 Å². The number of Topliss-reactive ketones (excluding diaryl/α,β-unsaturated/α-hetero) is 1. The molecule has 1 aromatic carbocycles. The molecule has 1 heterocycles. The van der Waals surface area contributed by atoms with Crippen LogP contribution < -0.4 is 4.74 Å². The molecule has 0 saturated carbocycles. The summed E-state index contributed by atoms with van der Waals surface area (Å²) in [5.74, 6) is 0.315. The second-order valence-corrected chi connectivity index (χ2v) is 5.25. The Morgan fingerprint density at radius 1 is 1.29 bits per heavy atom. The number of carbonyl (C=O) groups excluding carboxylic acids is 2. The van der Waals surface area contributed by atoms with Gasteiger partial charge in [0.15, 0.2) is 11.9 Å². The lowest BCUT2D eigenvalue weighted by atomic mass is 10.1. The summed E-state index contributed by atoms with van der Waals surface area (Å²) in [6.45, 7) is 7.40. The molecule has 1 unspecified atom stereocenters. The van der Waals surface area contributed by atoms with E-state index in [1.807, 2.05) is 13.0 Å². The van der Waals surface area contributed by atoms with Crippen LogP contribution in [0.4, 0.5) is 0 Å². The Kier molecular flexibility index (Phi) is 4.96. The summed E-state index contributed by atoms with van der Waals surface area (Å²) in [6.07, 6.45) is -0.621. The minimum absolute atomic E-state index is 0.0697. The molecule has 0 N–H and O–H groups in total.